The molecule has 1 aromatic rings. The standard InChI is InChI=1S/C14H21ClN2/c1-10(2)17-8-7-12(9-17)16-14-11(3)5-4-6-13(14)15/h4-6,10,12,16H,7-9H2,1-3H3. The number of hydrogen-bond donors (Lipinski definition) is 1. The molecular formula is C14H21ClN2. The molecule has 3 heteroatoms. The molecule has 1 heterocycles. The zero-order valence-electron chi connectivity index (χ0n) is 10.8. The molecule has 94 valence electrons. The predicted octanol–water partition coefficient (Wildman–Crippen LogP) is 3.54. The number of aryl methyl sites for hydroxylation is 1. The Morgan fingerprint density at radius 1 is 1.41 bits per heavy atom. The van der Waals surface area contributed by atoms with Gasteiger partial charge in [0.05, 0.1) is 10.7 Å². The van der Waals surface area contributed by atoms with Crippen molar-refractivity contribution < 1.29 is 0 Å². The Hall–Kier alpha value is -0.730. The summed E-state index contributed by atoms with van der Waals surface area (Å²) in [6.07, 6.45) is 1.20. The maximum atomic E-state index is 6.23. The van der Waals surface area contributed by atoms with E-state index in [-0.39, 0.29) is 0 Å². The molecule has 17 heavy (non-hydrogen) atoms. The van der Waals surface area contributed by atoms with E-state index in [0.29, 0.717) is 12.1 Å². The van der Waals surface area contributed by atoms with Gasteiger partial charge in [-0.3, -0.25) is 4.90 Å². The maximum absolute atomic E-state index is 6.23. The molecule has 1 N–H and O–H groups in total. The summed E-state index contributed by atoms with van der Waals surface area (Å²) in [5.74, 6) is 0. The normalized spacial score (nSPS) is 21.1. The number of nitrogens with zero attached hydrogens (tertiary/aromatic N) is 1. The van der Waals surface area contributed by atoms with Crippen molar-refractivity contribution in [3.63, 3.8) is 0 Å². The highest BCUT2D eigenvalue weighted by atomic mass is 35.5. The van der Waals surface area contributed by atoms with E-state index in [4.69, 9.17) is 11.6 Å². The van der Waals surface area contributed by atoms with Gasteiger partial charge in [-0.15, -0.1) is 0 Å². The SMILES string of the molecule is Cc1cccc(Cl)c1NC1CCN(C(C)C)C1. The average molecular weight is 253 g/mol. The van der Waals surface area contributed by atoms with Gasteiger partial charge in [-0.2, -0.15) is 0 Å². The Kier molecular flexibility index (Phi) is 3.95. The molecule has 0 aliphatic carbocycles. The fraction of sp³-hybridized carbons (Fsp3) is 0.571. The second kappa shape index (κ2) is 5.28. The fourth-order valence-electron chi connectivity index (χ4n) is 2.39. The van der Waals surface area contributed by atoms with Crippen molar-refractivity contribution >= 4 is 17.3 Å². The van der Waals surface area contributed by atoms with Crippen molar-refractivity contribution in [2.75, 3.05) is 18.4 Å². The van der Waals surface area contributed by atoms with Gasteiger partial charge in [-0.1, -0.05) is 23.7 Å². The van der Waals surface area contributed by atoms with Gasteiger partial charge in [0.15, 0.2) is 0 Å². The molecular weight excluding hydrogens is 232 g/mol. The van der Waals surface area contributed by atoms with Crippen LogP contribution in [0.25, 0.3) is 0 Å². The van der Waals surface area contributed by atoms with Crippen LogP contribution in [0.1, 0.15) is 25.8 Å². The van der Waals surface area contributed by atoms with Gasteiger partial charge in [0.25, 0.3) is 0 Å². The second-order valence-corrected chi connectivity index (χ2v) is 5.56. The summed E-state index contributed by atoms with van der Waals surface area (Å²) in [6.45, 7) is 8.90. The Morgan fingerprint density at radius 3 is 2.76 bits per heavy atom. The van der Waals surface area contributed by atoms with Crippen molar-refractivity contribution in [2.45, 2.75) is 39.3 Å². The van der Waals surface area contributed by atoms with Crippen molar-refractivity contribution in [1.29, 1.82) is 0 Å². The molecule has 0 bridgehead atoms. The molecule has 0 aromatic heterocycles. The smallest absolute Gasteiger partial charge is 0.0640 e. The minimum Gasteiger partial charge on any atom is -0.380 e. The first-order chi connectivity index (χ1) is 8.08. The van der Waals surface area contributed by atoms with Gasteiger partial charge < -0.3 is 5.32 Å². The summed E-state index contributed by atoms with van der Waals surface area (Å²) in [5, 5.41) is 4.42. The van der Waals surface area contributed by atoms with Gasteiger partial charge in [-0.25, -0.2) is 0 Å². The highest BCUT2D eigenvalue weighted by molar-refractivity contribution is 6.33. The van der Waals surface area contributed by atoms with Crippen LogP contribution in [0.3, 0.4) is 0 Å². The lowest BCUT2D eigenvalue weighted by molar-refractivity contribution is 0.274. The first kappa shape index (κ1) is 12.7. The molecule has 2 nitrogen and oxygen atoms in total. The molecule has 1 saturated heterocycles. The average Bonchev–Trinajstić information content (AvgIpc) is 2.72. The topological polar surface area (TPSA) is 15.3 Å². The van der Waals surface area contributed by atoms with Crippen molar-refractivity contribution in [3.8, 4) is 0 Å². The quantitative estimate of drug-likeness (QED) is 0.885. The lowest BCUT2D eigenvalue weighted by atomic mass is 10.1. The number of anilines is 1. The molecule has 1 unspecified atom stereocenters. The van der Waals surface area contributed by atoms with Crippen LogP contribution < -0.4 is 5.32 Å². The number of para-hydroxylation sites is 1. The van der Waals surface area contributed by atoms with E-state index in [1.807, 2.05) is 12.1 Å². The van der Waals surface area contributed by atoms with E-state index in [9.17, 15) is 0 Å². The Balaban J connectivity index is 2.03. The minimum atomic E-state index is 0.524. The zero-order valence-corrected chi connectivity index (χ0v) is 11.6. The minimum absolute atomic E-state index is 0.524. The number of benzene rings is 1. The largest absolute Gasteiger partial charge is 0.380 e. The molecule has 0 amide bonds. The number of hydrogen-bond acceptors (Lipinski definition) is 2. The summed E-state index contributed by atoms with van der Waals surface area (Å²) in [4.78, 5) is 2.50. The van der Waals surface area contributed by atoms with Crippen LogP contribution in [0.5, 0.6) is 0 Å². The van der Waals surface area contributed by atoms with E-state index in [0.717, 1.165) is 17.3 Å². The predicted molar refractivity (Wildman–Crippen MR) is 74.9 cm³/mol. The van der Waals surface area contributed by atoms with E-state index in [1.165, 1.54) is 18.5 Å². The summed E-state index contributed by atoms with van der Waals surface area (Å²) < 4.78 is 0. The Bertz CT molecular complexity index is 370. The first-order valence-electron chi connectivity index (χ1n) is 6.33. The Morgan fingerprint density at radius 2 is 2.18 bits per heavy atom. The number of rotatable bonds is 3. The van der Waals surface area contributed by atoms with E-state index in [2.05, 4.69) is 37.1 Å². The van der Waals surface area contributed by atoms with Crippen molar-refractivity contribution in [3.05, 3.63) is 28.8 Å². The zero-order chi connectivity index (χ0) is 12.4. The molecule has 0 radical (unpaired) electrons. The van der Waals surface area contributed by atoms with Crippen LogP contribution in [-0.2, 0) is 0 Å². The molecule has 2 rings (SSSR count). The molecule has 1 atom stereocenters. The van der Waals surface area contributed by atoms with Crippen LogP contribution in [-0.4, -0.2) is 30.1 Å². The maximum Gasteiger partial charge on any atom is 0.0640 e. The van der Waals surface area contributed by atoms with Crippen molar-refractivity contribution in [2.24, 2.45) is 0 Å². The summed E-state index contributed by atoms with van der Waals surface area (Å²) in [5.41, 5.74) is 2.32. The van der Waals surface area contributed by atoms with Crippen LogP contribution in [0.2, 0.25) is 5.02 Å². The third kappa shape index (κ3) is 2.93. The fourth-order valence-corrected chi connectivity index (χ4v) is 2.67. The second-order valence-electron chi connectivity index (χ2n) is 5.15. The van der Waals surface area contributed by atoms with Gasteiger partial charge >= 0.3 is 0 Å². The molecule has 0 spiro atoms. The van der Waals surface area contributed by atoms with E-state index in [1.54, 1.807) is 0 Å². The lowest BCUT2D eigenvalue weighted by Gasteiger charge is -2.21. The Labute approximate surface area is 109 Å². The lowest BCUT2D eigenvalue weighted by Crippen LogP contribution is -2.31. The van der Waals surface area contributed by atoms with Gasteiger partial charge in [-0.05, 0) is 38.8 Å². The van der Waals surface area contributed by atoms with Crippen LogP contribution >= 0.6 is 11.6 Å². The molecule has 1 aromatic carbocycles. The number of halogens is 1. The van der Waals surface area contributed by atoms with Crippen LogP contribution in [0.4, 0.5) is 5.69 Å². The molecule has 1 aliphatic rings. The summed E-state index contributed by atoms with van der Waals surface area (Å²) in [7, 11) is 0. The highest BCUT2D eigenvalue weighted by Crippen LogP contribution is 2.27. The molecule has 0 saturated carbocycles. The highest BCUT2D eigenvalue weighted by Gasteiger charge is 2.24. The van der Waals surface area contributed by atoms with E-state index < -0.39 is 0 Å². The van der Waals surface area contributed by atoms with E-state index >= 15 is 0 Å². The van der Waals surface area contributed by atoms with Crippen molar-refractivity contribution in [1.82, 2.24) is 4.90 Å². The van der Waals surface area contributed by atoms with Gasteiger partial charge in [0, 0.05) is 25.2 Å². The molecule has 1 aliphatic heterocycles. The van der Waals surface area contributed by atoms with Gasteiger partial charge in [0.2, 0.25) is 0 Å². The van der Waals surface area contributed by atoms with Gasteiger partial charge in [0.1, 0.15) is 0 Å². The number of nitrogens with one attached hydrogen (secondary N) is 1. The first-order valence-corrected chi connectivity index (χ1v) is 6.71. The molecule has 1 fully saturated rings. The summed E-state index contributed by atoms with van der Waals surface area (Å²) in [6, 6.07) is 7.21. The summed E-state index contributed by atoms with van der Waals surface area (Å²) >= 11 is 6.23. The monoisotopic (exact) mass is 252 g/mol. The van der Waals surface area contributed by atoms with Crippen LogP contribution in [0, 0.1) is 6.92 Å². The third-order valence-electron chi connectivity index (χ3n) is 3.52. The third-order valence-corrected chi connectivity index (χ3v) is 3.84. The number of likely N-dealkylation sites (tertiary alicyclic amines) is 1. The van der Waals surface area contributed by atoms with Crippen LogP contribution in [0.15, 0.2) is 18.2 Å².